The lowest BCUT2D eigenvalue weighted by Gasteiger charge is -2.10. The van der Waals surface area contributed by atoms with Crippen LogP contribution in [0, 0.1) is 17.2 Å². The highest BCUT2D eigenvalue weighted by molar-refractivity contribution is 6.17. The lowest BCUT2D eigenvalue weighted by molar-refractivity contribution is 0.496. The van der Waals surface area contributed by atoms with Gasteiger partial charge in [-0.25, -0.2) is 9.37 Å². The predicted octanol–water partition coefficient (Wildman–Crippen LogP) is 4.00. The summed E-state index contributed by atoms with van der Waals surface area (Å²) in [4.78, 5) is 4.58. The van der Waals surface area contributed by atoms with Crippen LogP contribution in [0.2, 0.25) is 0 Å². The second kappa shape index (κ2) is 4.48. The normalized spacial score (nSPS) is 20.9. The lowest BCUT2D eigenvalue weighted by Crippen LogP contribution is -2.08. The molecule has 0 bridgehead atoms. The van der Waals surface area contributed by atoms with E-state index in [1.54, 1.807) is 12.1 Å². The van der Waals surface area contributed by atoms with Crippen LogP contribution in [0.15, 0.2) is 18.2 Å². The van der Waals surface area contributed by atoms with Gasteiger partial charge in [-0.2, -0.15) is 0 Å². The molecule has 0 amide bonds. The molecule has 2 nitrogen and oxygen atoms in total. The number of nitrogens with zero attached hydrogens (tertiary/aromatic N) is 2. The van der Waals surface area contributed by atoms with Crippen LogP contribution in [0.5, 0.6) is 0 Å². The number of hydrogen-bond acceptors (Lipinski definition) is 1. The smallest absolute Gasteiger partial charge is 0.125 e. The minimum atomic E-state index is -0.207. The van der Waals surface area contributed by atoms with Gasteiger partial charge in [0.25, 0.3) is 0 Å². The number of fused-ring (bicyclic) bond motifs is 1. The third kappa shape index (κ3) is 2.36. The van der Waals surface area contributed by atoms with Crippen molar-refractivity contribution in [1.82, 2.24) is 9.55 Å². The highest BCUT2D eigenvalue weighted by Crippen LogP contribution is 2.52. The van der Waals surface area contributed by atoms with Crippen molar-refractivity contribution in [2.45, 2.75) is 33.2 Å². The van der Waals surface area contributed by atoms with Gasteiger partial charge in [-0.3, -0.25) is 0 Å². The van der Waals surface area contributed by atoms with E-state index in [4.69, 9.17) is 11.6 Å². The molecule has 1 fully saturated rings. The van der Waals surface area contributed by atoms with E-state index in [0.717, 1.165) is 29.8 Å². The first-order valence-corrected chi connectivity index (χ1v) is 7.25. The summed E-state index contributed by atoms with van der Waals surface area (Å²) in [6.07, 6.45) is 1.95. The Kier molecular flexibility index (Phi) is 3.05. The Morgan fingerprint density at radius 2 is 2.21 bits per heavy atom. The summed E-state index contributed by atoms with van der Waals surface area (Å²) in [6, 6.07) is 4.79. The molecular formula is C15H18ClFN2. The molecule has 102 valence electrons. The summed E-state index contributed by atoms with van der Waals surface area (Å²) in [5.74, 6) is 1.96. The Balaban J connectivity index is 2.02. The Hall–Kier alpha value is -1.09. The molecule has 1 aliphatic carbocycles. The third-order valence-electron chi connectivity index (χ3n) is 4.23. The first kappa shape index (κ1) is 12.9. The minimum absolute atomic E-state index is 0.207. The molecule has 3 rings (SSSR count). The molecule has 1 aromatic carbocycles. The van der Waals surface area contributed by atoms with E-state index < -0.39 is 0 Å². The zero-order valence-corrected chi connectivity index (χ0v) is 12.0. The number of imidazole rings is 1. The molecule has 1 aliphatic rings. The van der Waals surface area contributed by atoms with Gasteiger partial charge in [0.05, 0.1) is 11.0 Å². The maximum atomic E-state index is 13.4. The molecule has 1 aromatic heterocycles. The van der Waals surface area contributed by atoms with Crippen molar-refractivity contribution >= 4 is 22.6 Å². The SMILES string of the molecule is CC1(C)CC1Cn1c(CCCl)nc2ccc(F)cc21. The quantitative estimate of drug-likeness (QED) is 0.774. The highest BCUT2D eigenvalue weighted by Gasteiger charge is 2.45. The van der Waals surface area contributed by atoms with Crippen molar-refractivity contribution in [2.75, 3.05) is 5.88 Å². The second-order valence-corrected chi connectivity index (χ2v) is 6.48. The Labute approximate surface area is 117 Å². The van der Waals surface area contributed by atoms with E-state index in [2.05, 4.69) is 23.4 Å². The molecule has 1 unspecified atom stereocenters. The van der Waals surface area contributed by atoms with Crippen LogP contribution in [-0.2, 0) is 13.0 Å². The van der Waals surface area contributed by atoms with Gasteiger partial charge in [0.15, 0.2) is 0 Å². The van der Waals surface area contributed by atoms with Gasteiger partial charge in [-0.15, -0.1) is 11.6 Å². The van der Waals surface area contributed by atoms with Crippen LogP contribution in [0.1, 0.15) is 26.1 Å². The van der Waals surface area contributed by atoms with Crippen molar-refractivity contribution in [3.05, 3.63) is 29.8 Å². The summed E-state index contributed by atoms with van der Waals surface area (Å²) in [6.45, 7) is 5.47. The van der Waals surface area contributed by atoms with Gasteiger partial charge in [0.2, 0.25) is 0 Å². The highest BCUT2D eigenvalue weighted by atomic mass is 35.5. The molecule has 0 N–H and O–H groups in total. The fourth-order valence-electron chi connectivity index (χ4n) is 2.73. The van der Waals surface area contributed by atoms with Crippen molar-refractivity contribution < 1.29 is 4.39 Å². The molecule has 4 heteroatoms. The molecule has 0 spiro atoms. The van der Waals surface area contributed by atoms with E-state index in [-0.39, 0.29) is 5.82 Å². The van der Waals surface area contributed by atoms with E-state index in [1.165, 1.54) is 12.5 Å². The zero-order valence-electron chi connectivity index (χ0n) is 11.3. The van der Waals surface area contributed by atoms with Crippen LogP contribution >= 0.6 is 11.6 Å². The van der Waals surface area contributed by atoms with E-state index in [9.17, 15) is 4.39 Å². The van der Waals surface area contributed by atoms with Crippen LogP contribution in [0.3, 0.4) is 0 Å². The van der Waals surface area contributed by atoms with Gasteiger partial charge in [0, 0.05) is 18.8 Å². The summed E-state index contributed by atoms with van der Waals surface area (Å²) >= 11 is 5.85. The fourth-order valence-corrected chi connectivity index (χ4v) is 2.90. The summed E-state index contributed by atoms with van der Waals surface area (Å²) in [5, 5.41) is 0. The molecule has 2 aromatic rings. The number of aryl methyl sites for hydroxylation is 1. The van der Waals surface area contributed by atoms with Crippen LogP contribution in [0.4, 0.5) is 4.39 Å². The molecule has 1 saturated carbocycles. The van der Waals surface area contributed by atoms with Gasteiger partial charge in [-0.1, -0.05) is 13.8 Å². The van der Waals surface area contributed by atoms with E-state index >= 15 is 0 Å². The second-order valence-electron chi connectivity index (χ2n) is 6.10. The zero-order chi connectivity index (χ0) is 13.6. The number of alkyl halides is 1. The van der Waals surface area contributed by atoms with E-state index in [1.807, 2.05) is 0 Å². The molecule has 19 heavy (non-hydrogen) atoms. The largest absolute Gasteiger partial charge is 0.328 e. The van der Waals surface area contributed by atoms with Crippen LogP contribution < -0.4 is 0 Å². The molecule has 0 aliphatic heterocycles. The minimum Gasteiger partial charge on any atom is -0.328 e. The summed E-state index contributed by atoms with van der Waals surface area (Å²) < 4.78 is 15.6. The molecule has 1 atom stereocenters. The summed E-state index contributed by atoms with van der Waals surface area (Å²) in [7, 11) is 0. The van der Waals surface area contributed by atoms with Gasteiger partial charge in [0.1, 0.15) is 11.6 Å². The Bertz CT molecular complexity index is 618. The summed E-state index contributed by atoms with van der Waals surface area (Å²) in [5.41, 5.74) is 2.16. The number of benzene rings is 1. The van der Waals surface area contributed by atoms with E-state index in [0.29, 0.717) is 17.2 Å². The fraction of sp³-hybridized carbons (Fsp3) is 0.533. The van der Waals surface area contributed by atoms with Crippen LogP contribution in [-0.4, -0.2) is 15.4 Å². The first-order valence-electron chi connectivity index (χ1n) is 6.72. The van der Waals surface area contributed by atoms with Gasteiger partial charge < -0.3 is 4.57 Å². The number of hydrogen-bond donors (Lipinski definition) is 0. The van der Waals surface area contributed by atoms with Crippen molar-refractivity contribution in [3.8, 4) is 0 Å². The van der Waals surface area contributed by atoms with Crippen LogP contribution in [0.25, 0.3) is 11.0 Å². The molecule has 0 radical (unpaired) electrons. The molecular weight excluding hydrogens is 263 g/mol. The van der Waals surface area contributed by atoms with Crippen molar-refractivity contribution in [2.24, 2.45) is 11.3 Å². The molecule has 1 heterocycles. The van der Waals surface area contributed by atoms with Gasteiger partial charge >= 0.3 is 0 Å². The van der Waals surface area contributed by atoms with Crippen molar-refractivity contribution in [3.63, 3.8) is 0 Å². The van der Waals surface area contributed by atoms with Crippen molar-refractivity contribution in [1.29, 1.82) is 0 Å². The number of halogens is 2. The number of rotatable bonds is 4. The first-order chi connectivity index (χ1) is 9.01. The predicted molar refractivity (Wildman–Crippen MR) is 76.0 cm³/mol. The Morgan fingerprint density at radius 3 is 2.84 bits per heavy atom. The molecule has 0 saturated heterocycles. The average molecular weight is 281 g/mol. The maximum Gasteiger partial charge on any atom is 0.125 e. The number of aromatic nitrogens is 2. The average Bonchev–Trinajstić information content (AvgIpc) is 2.80. The monoisotopic (exact) mass is 280 g/mol. The Morgan fingerprint density at radius 1 is 1.47 bits per heavy atom. The standard InChI is InChI=1S/C15H18ClFN2/c1-15(2)8-10(15)9-19-13-7-11(17)3-4-12(13)18-14(19)5-6-16/h3-4,7,10H,5-6,8-9H2,1-2H3. The third-order valence-corrected chi connectivity index (χ3v) is 4.42. The maximum absolute atomic E-state index is 13.4. The lowest BCUT2D eigenvalue weighted by atomic mass is 10.1. The van der Waals surface area contributed by atoms with Gasteiger partial charge in [-0.05, 0) is 36.0 Å². The topological polar surface area (TPSA) is 17.8 Å².